The molecule has 0 aliphatic rings. The number of aromatic nitrogens is 5. The minimum Gasteiger partial charge on any atom is -0.441 e. The maximum Gasteiger partial charge on any atom is 0.413 e. The molecule has 1 amide bonds. The number of pyridine rings is 2. The van der Waals surface area contributed by atoms with Gasteiger partial charge in [-0.3, -0.25) is 15.0 Å². The molecule has 1 atom stereocenters. The molecule has 2 N–H and O–H groups in total. The fourth-order valence-electron chi connectivity index (χ4n) is 2.95. The van der Waals surface area contributed by atoms with Crippen LogP contribution in [0, 0.1) is 13.8 Å². The van der Waals surface area contributed by atoms with Gasteiger partial charge in [-0.2, -0.15) is 0 Å². The lowest BCUT2D eigenvalue weighted by atomic mass is 10.1. The van der Waals surface area contributed by atoms with Crippen LogP contribution in [0.25, 0.3) is 11.4 Å². The molecule has 0 saturated heterocycles. The summed E-state index contributed by atoms with van der Waals surface area (Å²) in [6, 6.07) is 6.78. The summed E-state index contributed by atoms with van der Waals surface area (Å²) in [5.74, 6) is 0.288. The average molecular weight is 446 g/mol. The predicted octanol–water partition coefficient (Wildman–Crippen LogP) is 2.57. The quantitative estimate of drug-likeness (QED) is 0.590. The number of hydrogen-bond acceptors (Lipinski definition) is 8. The van der Waals surface area contributed by atoms with Gasteiger partial charge in [0.25, 0.3) is 0 Å². The Hall–Kier alpha value is -3.54. The molecule has 0 aliphatic heterocycles. The minimum atomic E-state index is -3.43. The second kappa shape index (κ2) is 8.68. The molecule has 3 aromatic heterocycles. The Morgan fingerprint density at radius 1 is 1.19 bits per heavy atom. The van der Waals surface area contributed by atoms with E-state index in [-0.39, 0.29) is 5.82 Å². The first-order chi connectivity index (χ1) is 14.5. The number of amides is 1. The first-order valence-corrected chi connectivity index (χ1v) is 11.2. The van der Waals surface area contributed by atoms with Gasteiger partial charge in [-0.1, -0.05) is 11.3 Å². The summed E-state index contributed by atoms with van der Waals surface area (Å²) in [4.78, 5) is 21.1. The second-order valence-corrected chi connectivity index (χ2v) is 8.71. The molecular formula is C19H23N7O4S. The van der Waals surface area contributed by atoms with Crippen LogP contribution >= 0.6 is 0 Å². The van der Waals surface area contributed by atoms with Crippen LogP contribution < -0.4 is 10.0 Å². The number of nitrogens with one attached hydrogen (secondary N) is 2. The second-order valence-electron chi connectivity index (χ2n) is 6.96. The lowest BCUT2D eigenvalue weighted by Crippen LogP contribution is -2.19. The highest BCUT2D eigenvalue weighted by atomic mass is 32.2. The van der Waals surface area contributed by atoms with Crippen molar-refractivity contribution in [3.63, 3.8) is 0 Å². The van der Waals surface area contributed by atoms with Crippen molar-refractivity contribution in [2.45, 2.75) is 26.9 Å². The van der Waals surface area contributed by atoms with Gasteiger partial charge in [0.1, 0.15) is 6.10 Å². The van der Waals surface area contributed by atoms with Gasteiger partial charge in [0, 0.05) is 24.5 Å². The van der Waals surface area contributed by atoms with Gasteiger partial charge < -0.3 is 4.74 Å². The molecule has 3 heterocycles. The predicted molar refractivity (Wildman–Crippen MR) is 115 cm³/mol. The number of sulfonamides is 1. The van der Waals surface area contributed by atoms with E-state index in [1.807, 2.05) is 13.0 Å². The van der Waals surface area contributed by atoms with E-state index in [9.17, 15) is 13.2 Å². The van der Waals surface area contributed by atoms with Crippen LogP contribution in [-0.4, -0.2) is 45.7 Å². The van der Waals surface area contributed by atoms with Crippen molar-refractivity contribution >= 4 is 27.6 Å². The highest BCUT2D eigenvalue weighted by molar-refractivity contribution is 7.92. The molecule has 0 radical (unpaired) electrons. The zero-order valence-electron chi connectivity index (χ0n) is 17.7. The summed E-state index contributed by atoms with van der Waals surface area (Å²) in [5, 5.41) is 10.7. The summed E-state index contributed by atoms with van der Waals surface area (Å²) < 4.78 is 32.2. The molecule has 1 unspecified atom stereocenters. The van der Waals surface area contributed by atoms with Crippen LogP contribution in [-0.2, 0) is 21.8 Å². The molecule has 0 fully saturated rings. The van der Waals surface area contributed by atoms with Crippen LogP contribution in [0.3, 0.4) is 0 Å². The fourth-order valence-corrected chi connectivity index (χ4v) is 3.56. The molecule has 0 bridgehead atoms. The topological polar surface area (TPSA) is 141 Å². The molecule has 164 valence electrons. The molecule has 0 aromatic carbocycles. The van der Waals surface area contributed by atoms with E-state index in [0.717, 1.165) is 17.5 Å². The standard InChI is InChI=1S/C19H23N7O4S/c1-11-14(7-6-10-20-11)13(3)30-19(27)22-18-17(23-25-26(18)4)16-9-8-15(12(2)21-16)24-31(5,28)29/h6-10,13,24H,1-5H3,(H,22,27). The van der Waals surface area contributed by atoms with Gasteiger partial charge >= 0.3 is 6.09 Å². The Kier molecular flexibility index (Phi) is 6.20. The number of aryl methyl sites for hydroxylation is 3. The Labute approximate surface area is 179 Å². The molecule has 3 rings (SSSR count). The molecule has 0 spiro atoms. The van der Waals surface area contributed by atoms with Crippen molar-refractivity contribution in [3.8, 4) is 11.4 Å². The minimum absolute atomic E-state index is 0.288. The van der Waals surface area contributed by atoms with E-state index in [1.54, 1.807) is 45.3 Å². The Balaban J connectivity index is 1.80. The zero-order chi connectivity index (χ0) is 22.8. The number of ether oxygens (including phenoxy) is 1. The SMILES string of the molecule is Cc1nc(-c2nnn(C)c2NC(=O)OC(C)c2cccnc2C)ccc1NS(C)(=O)=O. The summed E-state index contributed by atoms with van der Waals surface area (Å²) in [7, 11) is -1.82. The van der Waals surface area contributed by atoms with Gasteiger partial charge in [0.05, 0.1) is 23.3 Å². The molecule has 12 heteroatoms. The number of hydrogen-bond donors (Lipinski definition) is 2. The lowest BCUT2D eigenvalue weighted by molar-refractivity contribution is 0.120. The van der Waals surface area contributed by atoms with Gasteiger partial charge in [0.15, 0.2) is 11.5 Å². The molecule has 31 heavy (non-hydrogen) atoms. The fraction of sp³-hybridized carbons (Fsp3) is 0.316. The van der Waals surface area contributed by atoms with Crippen molar-refractivity contribution in [2.24, 2.45) is 7.05 Å². The monoisotopic (exact) mass is 445 g/mol. The van der Waals surface area contributed by atoms with Crippen molar-refractivity contribution < 1.29 is 17.9 Å². The van der Waals surface area contributed by atoms with Crippen LogP contribution in [0.15, 0.2) is 30.5 Å². The maximum atomic E-state index is 12.5. The van der Waals surface area contributed by atoms with E-state index in [0.29, 0.717) is 22.8 Å². The molecule has 3 aromatic rings. The van der Waals surface area contributed by atoms with Gasteiger partial charge in [-0.15, -0.1) is 5.10 Å². The Morgan fingerprint density at radius 3 is 2.58 bits per heavy atom. The first-order valence-electron chi connectivity index (χ1n) is 9.30. The van der Waals surface area contributed by atoms with Crippen LogP contribution in [0.5, 0.6) is 0 Å². The largest absolute Gasteiger partial charge is 0.441 e. The number of carbonyl (C=O) groups excluding carboxylic acids is 1. The summed E-state index contributed by atoms with van der Waals surface area (Å²) >= 11 is 0. The van der Waals surface area contributed by atoms with E-state index in [1.165, 1.54) is 4.68 Å². The lowest BCUT2D eigenvalue weighted by Gasteiger charge is -2.16. The summed E-state index contributed by atoms with van der Waals surface area (Å²) in [6.07, 6.45) is 1.53. The Morgan fingerprint density at radius 2 is 1.94 bits per heavy atom. The van der Waals surface area contributed by atoms with Gasteiger partial charge in [-0.05, 0) is 39.0 Å². The number of nitrogens with zero attached hydrogens (tertiary/aromatic N) is 5. The molecular weight excluding hydrogens is 422 g/mol. The average Bonchev–Trinajstić information content (AvgIpc) is 3.03. The molecule has 11 nitrogen and oxygen atoms in total. The summed E-state index contributed by atoms with van der Waals surface area (Å²) in [6.45, 7) is 5.25. The van der Waals surface area contributed by atoms with Crippen molar-refractivity contribution in [1.29, 1.82) is 0 Å². The first kappa shape index (κ1) is 22.2. The number of anilines is 2. The van der Waals surface area contributed by atoms with E-state index in [4.69, 9.17) is 4.74 Å². The smallest absolute Gasteiger partial charge is 0.413 e. The van der Waals surface area contributed by atoms with Crippen LogP contribution in [0.2, 0.25) is 0 Å². The molecule has 0 saturated carbocycles. The van der Waals surface area contributed by atoms with E-state index in [2.05, 4.69) is 30.3 Å². The number of carbonyl (C=O) groups is 1. The maximum absolute atomic E-state index is 12.5. The van der Waals surface area contributed by atoms with Crippen LogP contribution in [0.4, 0.5) is 16.3 Å². The highest BCUT2D eigenvalue weighted by Gasteiger charge is 2.20. The normalized spacial score (nSPS) is 12.3. The van der Waals surface area contributed by atoms with E-state index >= 15 is 0 Å². The van der Waals surface area contributed by atoms with Crippen molar-refractivity contribution in [2.75, 3.05) is 16.3 Å². The zero-order valence-corrected chi connectivity index (χ0v) is 18.6. The van der Waals surface area contributed by atoms with Gasteiger partial charge in [-0.25, -0.2) is 22.9 Å². The van der Waals surface area contributed by atoms with Crippen molar-refractivity contribution in [3.05, 3.63) is 47.4 Å². The van der Waals surface area contributed by atoms with Gasteiger partial charge in [0.2, 0.25) is 10.0 Å². The molecule has 0 aliphatic carbocycles. The summed E-state index contributed by atoms with van der Waals surface area (Å²) in [5.41, 5.74) is 3.10. The Bertz CT molecular complexity index is 1220. The van der Waals surface area contributed by atoms with Crippen LogP contribution in [0.1, 0.15) is 30.0 Å². The third-order valence-corrected chi connectivity index (χ3v) is 5.03. The van der Waals surface area contributed by atoms with E-state index < -0.39 is 22.2 Å². The highest BCUT2D eigenvalue weighted by Crippen LogP contribution is 2.27. The van der Waals surface area contributed by atoms with Crippen molar-refractivity contribution in [1.82, 2.24) is 25.0 Å². The number of rotatable bonds is 6. The third-order valence-electron chi connectivity index (χ3n) is 4.44. The third kappa shape index (κ3) is 5.34.